The lowest BCUT2D eigenvalue weighted by Gasteiger charge is -2.18. The van der Waals surface area contributed by atoms with Crippen molar-refractivity contribution in [3.8, 4) is 11.5 Å². The Bertz CT molecular complexity index is 835. The van der Waals surface area contributed by atoms with E-state index in [1.807, 2.05) is 42.5 Å². The van der Waals surface area contributed by atoms with Crippen LogP contribution in [-0.2, 0) is 5.41 Å². The molecule has 0 bridgehead atoms. The second-order valence-electron chi connectivity index (χ2n) is 6.42. The first-order chi connectivity index (χ1) is 11.4. The summed E-state index contributed by atoms with van der Waals surface area (Å²) in [5, 5.41) is 3.24. The lowest BCUT2D eigenvalue weighted by molar-refractivity contribution is 0.102. The number of nitrogens with one attached hydrogen (secondary N) is 1. The number of anilines is 1. The summed E-state index contributed by atoms with van der Waals surface area (Å²) in [5.74, 6) is 0.318. The molecule has 0 fully saturated rings. The number of carbonyl (C=O) groups excluding carboxylic acids is 1. The van der Waals surface area contributed by atoms with E-state index >= 15 is 0 Å². The molecular weight excluding hydrogens is 320 g/mol. The highest BCUT2D eigenvalue weighted by molar-refractivity contribution is 7.10. The van der Waals surface area contributed by atoms with Crippen LogP contribution in [0, 0.1) is 0 Å². The van der Waals surface area contributed by atoms with Crippen LogP contribution < -0.4 is 5.32 Å². The number of nitrogens with zero attached hydrogens (tertiary/aromatic N) is 3. The number of hydrogen-bond donors (Lipinski definition) is 1. The minimum absolute atomic E-state index is 0.0613. The fourth-order valence-corrected chi connectivity index (χ4v) is 2.74. The molecule has 3 rings (SSSR count). The Labute approximate surface area is 145 Å². The van der Waals surface area contributed by atoms with Gasteiger partial charge < -0.3 is 0 Å². The van der Waals surface area contributed by atoms with Gasteiger partial charge in [0.05, 0.1) is 0 Å². The third-order valence-electron chi connectivity index (χ3n) is 3.55. The van der Waals surface area contributed by atoms with E-state index in [2.05, 4.69) is 40.4 Å². The van der Waals surface area contributed by atoms with Crippen LogP contribution in [0.5, 0.6) is 0 Å². The van der Waals surface area contributed by atoms with E-state index in [0.717, 1.165) is 11.5 Å². The zero-order chi connectivity index (χ0) is 17.2. The normalized spacial score (nSPS) is 11.3. The van der Waals surface area contributed by atoms with Gasteiger partial charge in [-0.3, -0.25) is 15.1 Å². The predicted molar refractivity (Wildman–Crippen MR) is 96.2 cm³/mol. The molecule has 24 heavy (non-hydrogen) atoms. The molecule has 0 saturated heterocycles. The Morgan fingerprint density at radius 2 is 1.83 bits per heavy atom. The van der Waals surface area contributed by atoms with Crippen LogP contribution in [0.15, 0.2) is 48.7 Å². The van der Waals surface area contributed by atoms with Crippen LogP contribution >= 0.6 is 11.5 Å². The second kappa shape index (κ2) is 6.49. The molecule has 122 valence electrons. The van der Waals surface area contributed by atoms with Crippen molar-refractivity contribution in [1.82, 2.24) is 14.3 Å². The molecule has 0 saturated carbocycles. The number of rotatable bonds is 3. The molecule has 0 aliphatic rings. The van der Waals surface area contributed by atoms with Crippen LogP contribution in [-0.4, -0.2) is 20.2 Å². The molecule has 3 aromatic rings. The Kier molecular flexibility index (Phi) is 4.40. The largest absolute Gasteiger partial charge is 0.297 e. The van der Waals surface area contributed by atoms with Crippen molar-refractivity contribution in [3.63, 3.8) is 0 Å². The first-order valence-electron chi connectivity index (χ1n) is 7.60. The van der Waals surface area contributed by atoms with Gasteiger partial charge in [0.15, 0.2) is 5.82 Å². The maximum absolute atomic E-state index is 12.3. The van der Waals surface area contributed by atoms with E-state index < -0.39 is 0 Å². The second-order valence-corrected chi connectivity index (χ2v) is 7.17. The zero-order valence-electron chi connectivity index (χ0n) is 13.8. The molecular formula is C18H18N4OS. The first-order valence-corrected chi connectivity index (χ1v) is 8.38. The van der Waals surface area contributed by atoms with Crippen molar-refractivity contribution in [3.05, 3.63) is 59.8 Å². The number of aromatic nitrogens is 3. The summed E-state index contributed by atoms with van der Waals surface area (Å²) in [6.45, 7) is 6.42. The molecule has 5 nitrogen and oxygen atoms in total. The van der Waals surface area contributed by atoms with E-state index in [4.69, 9.17) is 0 Å². The Morgan fingerprint density at radius 3 is 2.46 bits per heavy atom. The molecule has 2 aromatic heterocycles. The van der Waals surface area contributed by atoms with Gasteiger partial charge in [0, 0.05) is 23.3 Å². The average Bonchev–Trinajstić information content (AvgIpc) is 3.03. The van der Waals surface area contributed by atoms with Gasteiger partial charge in [0.1, 0.15) is 5.69 Å². The van der Waals surface area contributed by atoms with Gasteiger partial charge >= 0.3 is 0 Å². The number of hydrogen-bond acceptors (Lipinski definition) is 5. The van der Waals surface area contributed by atoms with Crippen LogP contribution in [0.3, 0.4) is 0 Å². The van der Waals surface area contributed by atoms with Crippen molar-refractivity contribution in [2.75, 3.05) is 5.32 Å². The van der Waals surface area contributed by atoms with Gasteiger partial charge in [0.2, 0.25) is 5.13 Å². The summed E-state index contributed by atoms with van der Waals surface area (Å²) >= 11 is 1.14. The van der Waals surface area contributed by atoms with Crippen molar-refractivity contribution in [2.24, 2.45) is 0 Å². The Morgan fingerprint density at radius 1 is 1.08 bits per heavy atom. The number of amides is 1. The van der Waals surface area contributed by atoms with E-state index in [-0.39, 0.29) is 11.3 Å². The highest BCUT2D eigenvalue weighted by atomic mass is 32.1. The van der Waals surface area contributed by atoms with Gasteiger partial charge in [-0.2, -0.15) is 9.36 Å². The van der Waals surface area contributed by atoms with Crippen molar-refractivity contribution >= 4 is 22.6 Å². The monoisotopic (exact) mass is 338 g/mol. The highest BCUT2D eigenvalue weighted by Crippen LogP contribution is 2.23. The van der Waals surface area contributed by atoms with Gasteiger partial charge in [-0.1, -0.05) is 39.0 Å². The van der Waals surface area contributed by atoms with Crippen LogP contribution in [0.4, 0.5) is 5.13 Å². The molecule has 1 aromatic carbocycles. The lowest BCUT2D eigenvalue weighted by atomic mass is 9.87. The lowest BCUT2D eigenvalue weighted by Crippen LogP contribution is -2.14. The molecule has 1 amide bonds. The summed E-state index contributed by atoms with van der Waals surface area (Å²) in [5.41, 5.74) is 2.53. The summed E-state index contributed by atoms with van der Waals surface area (Å²) in [4.78, 5) is 20.8. The highest BCUT2D eigenvalue weighted by Gasteiger charge is 2.15. The molecule has 0 unspecified atom stereocenters. The van der Waals surface area contributed by atoms with Crippen molar-refractivity contribution < 1.29 is 4.79 Å². The molecule has 1 N–H and O–H groups in total. The molecule has 0 atom stereocenters. The van der Waals surface area contributed by atoms with Crippen molar-refractivity contribution in [2.45, 2.75) is 26.2 Å². The topological polar surface area (TPSA) is 67.8 Å². The summed E-state index contributed by atoms with van der Waals surface area (Å²) < 4.78 is 4.23. The van der Waals surface area contributed by atoms with Crippen LogP contribution in [0.1, 0.15) is 36.7 Å². The third-order valence-corrected chi connectivity index (χ3v) is 4.18. The molecule has 0 spiro atoms. The predicted octanol–water partition coefficient (Wildman–Crippen LogP) is 4.15. The van der Waals surface area contributed by atoms with E-state index in [1.54, 1.807) is 6.20 Å². The van der Waals surface area contributed by atoms with E-state index in [1.165, 1.54) is 5.56 Å². The van der Waals surface area contributed by atoms with E-state index in [0.29, 0.717) is 22.2 Å². The van der Waals surface area contributed by atoms with Gasteiger partial charge in [-0.05, 0) is 35.2 Å². The number of benzene rings is 1. The van der Waals surface area contributed by atoms with Gasteiger partial charge in [-0.25, -0.2) is 0 Å². The van der Waals surface area contributed by atoms with Crippen molar-refractivity contribution in [1.29, 1.82) is 0 Å². The summed E-state index contributed by atoms with van der Waals surface area (Å²) in [7, 11) is 0. The van der Waals surface area contributed by atoms with Crippen LogP contribution in [0.25, 0.3) is 11.5 Å². The molecule has 0 aliphatic carbocycles. The fourth-order valence-electron chi connectivity index (χ4n) is 2.16. The minimum atomic E-state index is -0.195. The number of carbonyl (C=O) groups is 1. The van der Waals surface area contributed by atoms with E-state index in [9.17, 15) is 4.79 Å². The Hall–Kier alpha value is -2.60. The third kappa shape index (κ3) is 3.65. The maximum Gasteiger partial charge on any atom is 0.257 e. The maximum atomic E-state index is 12.3. The molecule has 0 aliphatic heterocycles. The Balaban J connectivity index is 1.72. The quantitative estimate of drug-likeness (QED) is 0.779. The van der Waals surface area contributed by atoms with Crippen LogP contribution in [0.2, 0.25) is 0 Å². The smallest absolute Gasteiger partial charge is 0.257 e. The minimum Gasteiger partial charge on any atom is -0.297 e. The average molecular weight is 338 g/mol. The number of pyridine rings is 1. The van der Waals surface area contributed by atoms with Gasteiger partial charge in [-0.15, -0.1) is 0 Å². The SMILES string of the molecule is CC(C)(C)c1ccc(C(=O)Nc2nc(-c3ccccn3)ns2)cc1. The molecule has 6 heteroatoms. The molecule has 0 radical (unpaired) electrons. The fraction of sp³-hybridized carbons (Fsp3) is 0.222. The first kappa shape index (κ1) is 16.3. The summed E-state index contributed by atoms with van der Waals surface area (Å²) in [6.07, 6.45) is 1.69. The van der Waals surface area contributed by atoms with Gasteiger partial charge in [0.25, 0.3) is 5.91 Å². The zero-order valence-corrected chi connectivity index (χ0v) is 14.6. The standard InChI is InChI=1S/C18H18N4OS/c1-18(2,3)13-9-7-12(8-10-13)16(23)21-17-20-15(22-24-17)14-6-4-5-11-19-14/h4-11H,1-3H3,(H,20,21,22,23). The molecule has 2 heterocycles. The summed E-state index contributed by atoms with van der Waals surface area (Å²) in [6, 6.07) is 13.2.